The first-order valence-electron chi connectivity index (χ1n) is 7.13. The van der Waals surface area contributed by atoms with E-state index < -0.39 is 0 Å². The molecule has 4 heteroatoms. The van der Waals surface area contributed by atoms with Crippen LogP contribution in [0.2, 0.25) is 0 Å². The van der Waals surface area contributed by atoms with Crippen molar-refractivity contribution in [3.63, 3.8) is 0 Å². The fraction of sp³-hybridized carbons (Fsp3) is 0.667. The third-order valence-corrected chi connectivity index (χ3v) is 3.52. The summed E-state index contributed by atoms with van der Waals surface area (Å²) in [5, 5.41) is 6.40. The summed E-state index contributed by atoms with van der Waals surface area (Å²) >= 11 is 0. The van der Waals surface area contributed by atoms with Crippen LogP contribution < -0.4 is 10.6 Å². The van der Waals surface area contributed by atoms with E-state index >= 15 is 0 Å². The molecule has 4 nitrogen and oxygen atoms in total. The molecule has 0 saturated heterocycles. The van der Waals surface area contributed by atoms with Gasteiger partial charge in [-0.15, -0.1) is 0 Å². The Bertz CT molecular complexity index is 398. The molecule has 0 bridgehead atoms. The lowest BCUT2D eigenvalue weighted by Gasteiger charge is -2.19. The van der Waals surface area contributed by atoms with Crippen molar-refractivity contribution in [2.45, 2.75) is 53.2 Å². The highest BCUT2D eigenvalue weighted by Gasteiger charge is 2.14. The van der Waals surface area contributed by atoms with E-state index in [9.17, 15) is 4.79 Å². The van der Waals surface area contributed by atoms with Crippen LogP contribution in [-0.2, 0) is 11.3 Å². The summed E-state index contributed by atoms with van der Waals surface area (Å²) < 4.78 is 2.01. The van der Waals surface area contributed by atoms with E-state index in [0.717, 1.165) is 12.2 Å². The van der Waals surface area contributed by atoms with Gasteiger partial charge < -0.3 is 15.2 Å². The number of rotatable bonds is 7. The standard InChI is InChI=1S/C15H27N3O/c1-6-16-13(5)14-8-7-9-18(14)10-15(19)17-12(4)11(2)3/h7-9,11-13,16H,6,10H2,1-5H3,(H,17,19). The molecule has 1 aromatic heterocycles. The van der Waals surface area contributed by atoms with Crippen molar-refractivity contribution in [3.8, 4) is 0 Å². The van der Waals surface area contributed by atoms with Crippen molar-refractivity contribution >= 4 is 5.91 Å². The molecule has 19 heavy (non-hydrogen) atoms. The molecule has 1 amide bonds. The van der Waals surface area contributed by atoms with Crippen LogP contribution in [-0.4, -0.2) is 23.1 Å². The predicted octanol–water partition coefficient (Wildman–Crippen LogP) is 2.32. The predicted molar refractivity (Wildman–Crippen MR) is 79.0 cm³/mol. The van der Waals surface area contributed by atoms with Crippen LogP contribution in [0.15, 0.2) is 18.3 Å². The summed E-state index contributed by atoms with van der Waals surface area (Å²) in [6.45, 7) is 11.8. The highest BCUT2D eigenvalue weighted by molar-refractivity contribution is 5.76. The monoisotopic (exact) mass is 265 g/mol. The quantitative estimate of drug-likeness (QED) is 0.795. The Hall–Kier alpha value is -1.29. The number of hydrogen-bond acceptors (Lipinski definition) is 2. The van der Waals surface area contributed by atoms with E-state index in [1.54, 1.807) is 0 Å². The van der Waals surface area contributed by atoms with Gasteiger partial charge >= 0.3 is 0 Å². The Balaban J connectivity index is 2.62. The zero-order chi connectivity index (χ0) is 14.4. The zero-order valence-corrected chi connectivity index (χ0v) is 12.7. The van der Waals surface area contributed by atoms with Crippen molar-refractivity contribution in [2.24, 2.45) is 5.92 Å². The number of hydrogen-bond donors (Lipinski definition) is 2. The highest BCUT2D eigenvalue weighted by atomic mass is 16.2. The van der Waals surface area contributed by atoms with Crippen LogP contribution in [0.1, 0.15) is 46.4 Å². The summed E-state index contributed by atoms with van der Waals surface area (Å²) in [6.07, 6.45) is 1.96. The topological polar surface area (TPSA) is 46.1 Å². The van der Waals surface area contributed by atoms with Crippen molar-refractivity contribution in [2.75, 3.05) is 6.54 Å². The fourth-order valence-electron chi connectivity index (χ4n) is 2.00. The van der Waals surface area contributed by atoms with E-state index in [4.69, 9.17) is 0 Å². The van der Waals surface area contributed by atoms with Crippen LogP contribution in [0.5, 0.6) is 0 Å². The average molecular weight is 265 g/mol. The third kappa shape index (κ3) is 4.71. The Morgan fingerprint density at radius 2 is 2.00 bits per heavy atom. The molecule has 2 atom stereocenters. The summed E-state index contributed by atoms with van der Waals surface area (Å²) in [4.78, 5) is 12.0. The summed E-state index contributed by atoms with van der Waals surface area (Å²) in [5.74, 6) is 0.524. The SMILES string of the molecule is CCNC(C)c1cccn1CC(=O)NC(C)C(C)C. The summed E-state index contributed by atoms with van der Waals surface area (Å²) in [6, 6.07) is 4.52. The first kappa shape index (κ1) is 15.8. The van der Waals surface area contributed by atoms with Gasteiger partial charge in [-0.2, -0.15) is 0 Å². The molecule has 108 valence electrons. The number of nitrogens with zero attached hydrogens (tertiary/aromatic N) is 1. The smallest absolute Gasteiger partial charge is 0.240 e. The largest absolute Gasteiger partial charge is 0.352 e. The molecule has 0 radical (unpaired) electrons. The number of aromatic nitrogens is 1. The van der Waals surface area contributed by atoms with E-state index in [-0.39, 0.29) is 18.0 Å². The second-order valence-electron chi connectivity index (χ2n) is 5.44. The van der Waals surface area contributed by atoms with Gasteiger partial charge in [-0.3, -0.25) is 4.79 Å². The van der Waals surface area contributed by atoms with Crippen molar-refractivity contribution in [3.05, 3.63) is 24.0 Å². The molecular formula is C15H27N3O. The van der Waals surface area contributed by atoms with Crippen LogP contribution in [0.3, 0.4) is 0 Å². The van der Waals surface area contributed by atoms with E-state index in [0.29, 0.717) is 12.5 Å². The minimum Gasteiger partial charge on any atom is -0.352 e. The Kier molecular flexibility index (Phi) is 6.09. The van der Waals surface area contributed by atoms with Gasteiger partial charge in [0.25, 0.3) is 0 Å². The Morgan fingerprint density at radius 1 is 1.32 bits per heavy atom. The average Bonchev–Trinajstić information content (AvgIpc) is 2.77. The second kappa shape index (κ2) is 7.34. The molecular weight excluding hydrogens is 238 g/mol. The molecule has 0 saturated carbocycles. The first-order chi connectivity index (χ1) is 8.95. The first-order valence-corrected chi connectivity index (χ1v) is 7.13. The maximum absolute atomic E-state index is 12.0. The molecule has 1 heterocycles. The summed E-state index contributed by atoms with van der Waals surface area (Å²) in [7, 11) is 0. The van der Waals surface area contributed by atoms with Crippen molar-refractivity contribution < 1.29 is 4.79 Å². The minimum absolute atomic E-state index is 0.0716. The molecule has 1 rings (SSSR count). The molecule has 0 spiro atoms. The second-order valence-corrected chi connectivity index (χ2v) is 5.44. The van der Waals surface area contributed by atoms with Gasteiger partial charge in [0.2, 0.25) is 5.91 Å². The number of nitrogens with one attached hydrogen (secondary N) is 2. The van der Waals surface area contributed by atoms with Gasteiger partial charge in [0.1, 0.15) is 6.54 Å². The fourth-order valence-corrected chi connectivity index (χ4v) is 2.00. The molecule has 0 fully saturated rings. The molecule has 0 aliphatic heterocycles. The molecule has 0 aliphatic carbocycles. The minimum atomic E-state index is 0.0716. The van der Waals surface area contributed by atoms with E-state index in [1.807, 2.05) is 23.8 Å². The van der Waals surface area contributed by atoms with Crippen LogP contribution in [0, 0.1) is 5.92 Å². The third-order valence-electron chi connectivity index (χ3n) is 3.52. The maximum atomic E-state index is 12.0. The molecule has 1 aromatic rings. The lowest BCUT2D eigenvalue weighted by molar-refractivity contribution is -0.122. The number of carbonyl (C=O) groups excluding carboxylic acids is 1. The van der Waals surface area contributed by atoms with E-state index in [2.05, 4.69) is 44.4 Å². The lowest BCUT2D eigenvalue weighted by Crippen LogP contribution is -2.38. The summed E-state index contributed by atoms with van der Waals surface area (Å²) in [5.41, 5.74) is 1.15. The van der Waals surface area contributed by atoms with Crippen LogP contribution in [0.4, 0.5) is 0 Å². The molecule has 2 unspecified atom stereocenters. The van der Waals surface area contributed by atoms with Gasteiger partial charge in [0, 0.05) is 24.0 Å². The zero-order valence-electron chi connectivity index (χ0n) is 12.7. The molecule has 0 aliphatic rings. The normalized spacial score (nSPS) is 14.4. The molecule has 0 aromatic carbocycles. The van der Waals surface area contributed by atoms with Crippen LogP contribution >= 0.6 is 0 Å². The Labute approximate surface area is 116 Å². The van der Waals surface area contributed by atoms with Gasteiger partial charge in [0.05, 0.1) is 0 Å². The highest BCUT2D eigenvalue weighted by Crippen LogP contribution is 2.13. The molecule has 2 N–H and O–H groups in total. The van der Waals surface area contributed by atoms with Crippen LogP contribution in [0.25, 0.3) is 0 Å². The van der Waals surface area contributed by atoms with E-state index in [1.165, 1.54) is 0 Å². The van der Waals surface area contributed by atoms with Crippen molar-refractivity contribution in [1.82, 2.24) is 15.2 Å². The number of amides is 1. The van der Waals surface area contributed by atoms with Gasteiger partial charge in [-0.25, -0.2) is 0 Å². The maximum Gasteiger partial charge on any atom is 0.240 e. The lowest BCUT2D eigenvalue weighted by atomic mass is 10.1. The Morgan fingerprint density at radius 3 is 2.58 bits per heavy atom. The van der Waals surface area contributed by atoms with Crippen molar-refractivity contribution in [1.29, 1.82) is 0 Å². The van der Waals surface area contributed by atoms with Gasteiger partial charge in [-0.05, 0) is 38.4 Å². The van der Waals surface area contributed by atoms with Gasteiger partial charge in [-0.1, -0.05) is 20.8 Å². The number of carbonyl (C=O) groups is 1. The van der Waals surface area contributed by atoms with Gasteiger partial charge in [0.15, 0.2) is 0 Å².